The monoisotopic (exact) mass is 367 g/mol. The first-order valence-corrected chi connectivity index (χ1v) is 7.85. The van der Waals surface area contributed by atoms with Crippen LogP contribution in [-0.4, -0.2) is 28.6 Å². The molecule has 126 valence electrons. The van der Waals surface area contributed by atoms with Crippen molar-refractivity contribution in [2.75, 3.05) is 0 Å². The molecule has 2 N–H and O–H groups in total. The normalized spacial score (nSPS) is 21.8. The summed E-state index contributed by atoms with van der Waals surface area (Å²) in [4.78, 5) is 23.5. The van der Waals surface area contributed by atoms with Crippen molar-refractivity contribution >= 4 is 11.9 Å². The predicted octanol–water partition coefficient (Wildman–Crippen LogP) is -2.11. The van der Waals surface area contributed by atoms with Gasteiger partial charge >= 0.3 is 51.4 Å². The fourth-order valence-corrected chi connectivity index (χ4v) is 2.86. The van der Waals surface area contributed by atoms with E-state index in [1.54, 1.807) is 6.07 Å². The Bertz CT molecular complexity index is 762. The minimum Gasteiger partial charge on any atom is -0.548 e. The quantitative estimate of drug-likeness (QED) is 0.589. The molecule has 0 unspecified atom stereocenters. The molecule has 0 radical (unpaired) electrons. The maximum absolute atomic E-state index is 12.2. The molecule has 0 bridgehead atoms. The molecular formula is C18H18KNO5. The van der Waals surface area contributed by atoms with Crippen LogP contribution < -0.4 is 61.8 Å². The molecule has 1 amide bonds. The minimum absolute atomic E-state index is 0. The van der Waals surface area contributed by atoms with E-state index in [1.165, 1.54) is 11.6 Å². The number of carboxylic acids is 1. The number of rotatable bonds is 5. The Kier molecular flexibility index (Phi) is 6.64. The van der Waals surface area contributed by atoms with Crippen molar-refractivity contribution in [2.45, 2.75) is 37.8 Å². The van der Waals surface area contributed by atoms with Crippen molar-refractivity contribution in [3.8, 4) is 11.3 Å². The number of aryl methyl sites for hydroxylation is 1. The standard InChI is InChI=1S/C18H19NO5.K/c1-2-11-3-5-12(6-4-11)14-7-8-15(24-14)16(21)19-18(17(22)23)9-13(20)10-18;/h3-8,13,20H,2,9-10H2,1H3,(H,19,21)(H,22,23);/q;+1/p-1. The van der Waals surface area contributed by atoms with E-state index >= 15 is 0 Å². The fourth-order valence-electron chi connectivity index (χ4n) is 2.86. The van der Waals surface area contributed by atoms with Gasteiger partial charge in [0.1, 0.15) is 5.76 Å². The molecule has 0 saturated heterocycles. The molecule has 1 heterocycles. The first-order valence-electron chi connectivity index (χ1n) is 7.85. The van der Waals surface area contributed by atoms with E-state index in [0.29, 0.717) is 5.76 Å². The number of benzene rings is 1. The molecule has 1 aliphatic carbocycles. The number of hydrogen-bond acceptors (Lipinski definition) is 5. The summed E-state index contributed by atoms with van der Waals surface area (Å²) in [6.07, 6.45) is 0.0659. The van der Waals surface area contributed by atoms with E-state index in [0.717, 1.165) is 12.0 Å². The van der Waals surface area contributed by atoms with E-state index in [4.69, 9.17) is 4.42 Å². The van der Waals surface area contributed by atoms with E-state index in [1.807, 2.05) is 24.3 Å². The molecule has 25 heavy (non-hydrogen) atoms. The Morgan fingerprint density at radius 1 is 1.24 bits per heavy atom. The minimum atomic E-state index is -1.52. The van der Waals surface area contributed by atoms with Crippen molar-refractivity contribution in [2.24, 2.45) is 0 Å². The average Bonchev–Trinajstić information content (AvgIpc) is 3.03. The van der Waals surface area contributed by atoms with E-state index in [2.05, 4.69) is 12.2 Å². The number of carbonyl (C=O) groups excluding carboxylic acids is 2. The third-order valence-corrected chi connectivity index (χ3v) is 4.39. The second-order valence-corrected chi connectivity index (χ2v) is 6.10. The summed E-state index contributed by atoms with van der Waals surface area (Å²) in [6, 6.07) is 10.9. The Morgan fingerprint density at radius 3 is 2.40 bits per heavy atom. The molecule has 1 aromatic heterocycles. The van der Waals surface area contributed by atoms with Gasteiger partial charge in [0.15, 0.2) is 5.76 Å². The number of furan rings is 1. The molecule has 0 aliphatic heterocycles. The first-order chi connectivity index (χ1) is 11.4. The third kappa shape index (κ3) is 4.24. The van der Waals surface area contributed by atoms with E-state index in [9.17, 15) is 19.8 Å². The van der Waals surface area contributed by atoms with E-state index < -0.39 is 23.5 Å². The van der Waals surface area contributed by atoms with Crippen LogP contribution in [0.4, 0.5) is 0 Å². The van der Waals surface area contributed by atoms with Crippen molar-refractivity contribution in [3.63, 3.8) is 0 Å². The molecule has 3 rings (SSSR count). The summed E-state index contributed by atoms with van der Waals surface area (Å²) in [7, 11) is 0. The Morgan fingerprint density at radius 2 is 1.88 bits per heavy atom. The fraction of sp³-hybridized carbons (Fsp3) is 0.333. The summed E-state index contributed by atoms with van der Waals surface area (Å²) in [6.45, 7) is 2.06. The summed E-state index contributed by atoms with van der Waals surface area (Å²) < 4.78 is 5.54. The van der Waals surface area contributed by atoms with Crippen LogP contribution in [0.15, 0.2) is 40.8 Å². The number of hydrogen-bond donors (Lipinski definition) is 2. The van der Waals surface area contributed by atoms with Crippen molar-refractivity contribution in [1.82, 2.24) is 5.32 Å². The van der Waals surface area contributed by atoms with Crippen LogP contribution in [0.1, 0.15) is 35.9 Å². The molecular weight excluding hydrogens is 349 g/mol. The van der Waals surface area contributed by atoms with Crippen LogP contribution in [0.5, 0.6) is 0 Å². The number of aliphatic carboxylic acids is 1. The van der Waals surface area contributed by atoms with Crippen molar-refractivity contribution in [1.29, 1.82) is 0 Å². The molecule has 1 saturated carbocycles. The van der Waals surface area contributed by atoms with Gasteiger partial charge in [-0.15, -0.1) is 0 Å². The first kappa shape index (κ1) is 20.3. The summed E-state index contributed by atoms with van der Waals surface area (Å²) in [5.74, 6) is -1.49. The maximum Gasteiger partial charge on any atom is 1.00 e. The molecule has 0 atom stereocenters. The second kappa shape index (κ2) is 8.16. The topological polar surface area (TPSA) is 103 Å². The van der Waals surface area contributed by atoms with Crippen LogP contribution >= 0.6 is 0 Å². The van der Waals surface area contributed by atoms with Crippen molar-refractivity contribution in [3.05, 3.63) is 47.7 Å². The van der Waals surface area contributed by atoms with Crippen molar-refractivity contribution < 1.29 is 75.6 Å². The second-order valence-electron chi connectivity index (χ2n) is 6.10. The smallest absolute Gasteiger partial charge is 0.548 e. The molecule has 1 aliphatic rings. The number of aliphatic hydroxyl groups is 1. The number of carboxylic acid groups (broad SMARTS) is 1. The van der Waals surface area contributed by atoms with Crippen LogP contribution in [0, 0.1) is 0 Å². The van der Waals surface area contributed by atoms with Gasteiger partial charge in [0.2, 0.25) is 0 Å². The maximum atomic E-state index is 12.2. The average molecular weight is 367 g/mol. The number of nitrogens with one attached hydrogen (secondary N) is 1. The zero-order chi connectivity index (χ0) is 17.3. The largest absolute Gasteiger partial charge is 1.00 e. The van der Waals surface area contributed by atoms with Crippen LogP contribution in [0.2, 0.25) is 0 Å². The molecule has 1 fully saturated rings. The van der Waals surface area contributed by atoms with E-state index in [-0.39, 0.29) is 70.0 Å². The summed E-state index contributed by atoms with van der Waals surface area (Å²) >= 11 is 0. The zero-order valence-corrected chi connectivity index (χ0v) is 17.4. The van der Waals surface area contributed by atoms with Gasteiger partial charge in [-0.2, -0.15) is 0 Å². The number of carbonyl (C=O) groups is 2. The summed E-state index contributed by atoms with van der Waals surface area (Å²) in [5, 5.41) is 23.0. The predicted molar refractivity (Wildman–Crippen MR) is 84.0 cm³/mol. The number of amides is 1. The Labute approximate surface area is 188 Å². The van der Waals surface area contributed by atoms with Gasteiger partial charge in [0.25, 0.3) is 5.91 Å². The Balaban J connectivity index is 0.00000225. The molecule has 0 spiro atoms. The van der Waals surface area contributed by atoms with Gasteiger partial charge < -0.3 is 24.7 Å². The molecule has 7 heteroatoms. The van der Waals surface area contributed by atoms with Gasteiger partial charge in [0, 0.05) is 18.4 Å². The van der Waals surface area contributed by atoms with Gasteiger partial charge in [0.05, 0.1) is 17.6 Å². The summed E-state index contributed by atoms with van der Waals surface area (Å²) in [5.41, 5.74) is 0.509. The third-order valence-electron chi connectivity index (χ3n) is 4.39. The van der Waals surface area contributed by atoms with Gasteiger partial charge in [-0.1, -0.05) is 31.2 Å². The SMILES string of the molecule is CCc1ccc(-c2ccc(C(=O)NC3(C(=O)[O-])CC(O)C3)o2)cc1.[K+]. The van der Waals surface area contributed by atoms with Crippen LogP contribution in [0.3, 0.4) is 0 Å². The zero-order valence-electron chi connectivity index (χ0n) is 14.2. The molecule has 1 aromatic carbocycles. The van der Waals surface area contributed by atoms with Gasteiger partial charge in [-0.25, -0.2) is 0 Å². The molecule has 2 aromatic rings. The van der Waals surface area contributed by atoms with Crippen LogP contribution in [0.25, 0.3) is 11.3 Å². The Hall–Kier alpha value is -0.964. The molecule has 6 nitrogen and oxygen atoms in total. The van der Waals surface area contributed by atoms with Crippen LogP contribution in [-0.2, 0) is 11.2 Å². The van der Waals surface area contributed by atoms with Gasteiger partial charge in [-0.05, 0) is 24.1 Å². The number of aliphatic hydroxyl groups excluding tert-OH is 1. The van der Waals surface area contributed by atoms with Gasteiger partial charge in [-0.3, -0.25) is 4.79 Å².